The SMILES string of the molecule is CCNC(=NCc1ccc(N2CCC(C)CC2)nc1)N1CCN(c2ccccc2O)CC1. The first-order chi connectivity index (χ1) is 15.6. The molecule has 0 bridgehead atoms. The molecular weight excluding hydrogens is 400 g/mol. The molecule has 1 aromatic heterocycles. The van der Waals surface area contributed by atoms with Crippen molar-refractivity contribution in [2.75, 3.05) is 55.6 Å². The summed E-state index contributed by atoms with van der Waals surface area (Å²) in [6.45, 7) is 11.5. The molecule has 0 atom stereocenters. The second-order valence-electron chi connectivity index (χ2n) is 8.83. The van der Waals surface area contributed by atoms with Crippen LogP contribution in [0.1, 0.15) is 32.3 Å². The van der Waals surface area contributed by atoms with Crippen molar-refractivity contribution in [3.8, 4) is 5.75 Å². The smallest absolute Gasteiger partial charge is 0.194 e. The van der Waals surface area contributed by atoms with Crippen LogP contribution in [-0.4, -0.2) is 66.8 Å². The van der Waals surface area contributed by atoms with Crippen molar-refractivity contribution < 1.29 is 5.11 Å². The molecule has 1 aromatic carbocycles. The zero-order valence-corrected chi connectivity index (χ0v) is 19.4. The van der Waals surface area contributed by atoms with E-state index in [9.17, 15) is 5.11 Å². The topological polar surface area (TPSA) is 67.2 Å². The van der Waals surface area contributed by atoms with E-state index in [0.29, 0.717) is 12.3 Å². The molecule has 0 saturated carbocycles. The molecule has 172 valence electrons. The highest BCUT2D eigenvalue weighted by Gasteiger charge is 2.21. The first kappa shape index (κ1) is 22.2. The van der Waals surface area contributed by atoms with Gasteiger partial charge in [0.2, 0.25) is 0 Å². The first-order valence-electron chi connectivity index (χ1n) is 11.9. The average Bonchev–Trinajstić information content (AvgIpc) is 2.83. The lowest BCUT2D eigenvalue weighted by atomic mass is 9.99. The van der Waals surface area contributed by atoms with Gasteiger partial charge < -0.3 is 25.1 Å². The number of phenols is 1. The van der Waals surface area contributed by atoms with E-state index in [1.807, 2.05) is 24.4 Å². The van der Waals surface area contributed by atoms with Crippen LogP contribution < -0.4 is 15.1 Å². The largest absolute Gasteiger partial charge is 0.506 e. The fourth-order valence-corrected chi connectivity index (χ4v) is 4.42. The highest BCUT2D eigenvalue weighted by atomic mass is 16.3. The number of guanidine groups is 1. The number of benzene rings is 1. The number of pyridine rings is 1. The Kier molecular flexibility index (Phi) is 7.35. The molecule has 0 spiro atoms. The van der Waals surface area contributed by atoms with Crippen LogP contribution in [-0.2, 0) is 6.54 Å². The van der Waals surface area contributed by atoms with Gasteiger partial charge in [-0.05, 0) is 49.4 Å². The van der Waals surface area contributed by atoms with Crippen molar-refractivity contribution in [1.82, 2.24) is 15.2 Å². The lowest BCUT2D eigenvalue weighted by Crippen LogP contribution is -2.52. The molecule has 4 rings (SSSR count). The van der Waals surface area contributed by atoms with Gasteiger partial charge in [0.15, 0.2) is 5.96 Å². The van der Waals surface area contributed by atoms with E-state index in [1.54, 1.807) is 6.07 Å². The number of nitrogens with zero attached hydrogens (tertiary/aromatic N) is 5. The number of aromatic nitrogens is 1. The summed E-state index contributed by atoms with van der Waals surface area (Å²) in [4.78, 5) is 16.5. The number of rotatable bonds is 5. The maximum atomic E-state index is 10.1. The lowest BCUT2D eigenvalue weighted by Gasteiger charge is -2.37. The Balaban J connectivity index is 1.35. The lowest BCUT2D eigenvalue weighted by molar-refractivity contribution is 0.369. The molecule has 2 aromatic rings. The zero-order valence-electron chi connectivity index (χ0n) is 19.4. The monoisotopic (exact) mass is 436 g/mol. The quantitative estimate of drug-likeness (QED) is 0.554. The Morgan fingerprint density at radius 1 is 1.03 bits per heavy atom. The van der Waals surface area contributed by atoms with E-state index >= 15 is 0 Å². The molecule has 32 heavy (non-hydrogen) atoms. The van der Waals surface area contributed by atoms with Gasteiger partial charge in [-0.2, -0.15) is 0 Å². The van der Waals surface area contributed by atoms with E-state index < -0.39 is 0 Å². The van der Waals surface area contributed by atoms with Gasteiger partial charge in [0.05, 0.1) is 12.2 Å². The maximum absolute atomic E-state index is 10.1. The first-order valence-corrected chi connectivity index (χ1v) is 11.9. The highest BCUT2D eigenvalue weighted by molar-refractivity contribution is 5.80. The van der Waals surface area contributed by atoms with Gasteiger partial charge in [0, 0.05) is 52.0 Å². The molecule has 2 aliphatic heterocycles. The number of hydrogen-bond acceptors (Lipinski definition) is 5. The zero-order chi connectivity index (χ0) is 22.3. The highest BCUT2D eigenvalue weighted by Crippen LogP contribution is 2.27. The molecule has 2 N–H and O–H groups in total. The molecule has 7 heteroatoms. The number of piperidine rings is 1. The second-order valence-corrected chi connectivity index (χ2v) is 8.83. The van der Waals surface area contributed by atoms with E-state index in [2.05, 4.69) is 46.0 Å². The van der Waals surface area contributed by atoms with E-state index in [4.69, 9.17) is 9.98 Å². The van der Waals surface area contributed by atoms with Gasteiger partial charge in [0.25, 0.3) is 0 Å². The van der Waals surface area contributed by atoms with Crippen molar-refractivity contribution >= 4 is 17.5 Å². The van der Waals surface area contributed by atoms with Crippen LogP contribution in [0.4, 0.5) is 11.5 Å². The summed E-state index contributed by atoms with van der Waals surface area (Å²) in [5.74, 6) is 3.19. The summed E-state index contributed by atoms with van der Waals surface area (Å²) < 4.78 is 0. The molecule has 0 amide bonds. The van der Waals surface area contributed by atoms with Gasteiger partial charge in [0.1, 0.15) is 11.6 Å². The predicted octanol–water partition coefficient (Wildman–Crippen LogP) is 3.31. The minimum Gasteiger partial charge on any atom is -0.506 e. The summed E-state index contributed by atoms with van der Waals surface area (Å²) in [6.07, 6.45) is 4.46. The Morgan fingerprint density at radius 2 is 1.78 bits per heavy atom. The fourth-order valence-electron chi connectivity index (χ4n) is 4.42. The number of para-hydroxylation sites is 2. The Morgan fingerprint density at radius 3 is 2.44 bits per heavy atom. The fraction of sp³-hybridized carbons (Fsp3) is 0.520. The number of aromatic hydroxyl groups is 1. The molecule has 0 unspecified atom stereocenters. The summed E-state index contributed by atoms with van der Waals surface area (Å²) in [6, 6.07) is 11.9. The third-order valence-electron chi connectivity index (χ3n) is 6.46. The Bertz CT molecular complexity index is 884. The molecule has 2 aliphatic rings. The standard InChI is InChI=1S/C25H36N6O/c1-3-26-25(31-16-14-29(15-17-31)22-6-4-5-7-23(22)32)28-19-21-8-9-24(27-18-21)30-12-10-20(2)11-13-30/h4-9,18,20,32H,3,10-17,19H2,1-2H3,(H,26,28). The van der Waals surface area contributed by atoms with Crippen molar-refractivity contribution in [2.45, 2.75) is 33.2 Å². The van der Waals surface area contributed by atoms with Gasteiger partial charge in [-0.3, -0.25) is 0 Å². The Labute approximate surface area is 191 Å². The van der Waals surface area contributed by atoms with Gasteiger partial charge in [-0.25, -0.2) is 9.98 Å². The van der Waals surface area contributed by atoms with E-state index in [0.717, 1.165) is 74.8 Å². The predicted molar refractivity (Wildman–Crippen MR) is 132 cm³/mol. The third kappa shape index (κ3) is 5.44. The van der Waals surface area contributed by atoms with Crippen molar-refractivity contribution in [3.05, 3.63) is 48.2 Å². The van der Waals surface area contributed by atoms with Gasteiger partial charge >= 0.3 is 0 Å². The number of nitrogens with one attached hydrogen (secondary N) is 1. The Hall–Kier alpha value is -2.96. The number of aliphatic imine (C=N–C) groups is 1. The number of piperazine rings is 1. The summed E-state index contributed by atoms with van der Waals surface area (Å²) in [5.41, 5.74) is 2.03. The molecule has 7 nitrogen and oxygen atoms in total. The summed E-state index contributed by atoms with van der Waals surface area (Å²) >= 11 is 0. The number of phenolic OH excluding ortho intramolecular Hbond substituents is 1. The minimum absolute atomic E-state index is 0.344. The second kappa shape index (κ2) is 10.6. The third-order valence-corrected chi connectivity index (χ3v) is 6.46. The van der Waals surface area contributed by atoms with Crippen LogP contribution in [0.25, 0.3) is 0 Å². The van der Waals surface area contributed by atoms with E-state index in [-0.39, 0.29) is 0 Å². The van der Waals surface area contributed by atoms with E-state index in [1.165, 1.54) is 12.8 Å². The van der Waals surface area contributed by atoms with Crippen LogP contribution in [0.15, 0.2) is 47.6 Å². The van der Waals surface area contributed by atoms with Crippen molar-refractivity contribution in [3.63, 3.8) is 0 Å². The molecule has 3 heterocycles. The normalized spacial score (nSPS) is 18.2. The van der Waals surface area contributed by atoms with Crippen LogP contribution >= 0.6 is 0 Å². The van der Waals surface area contributed by atoms with Crippen LogP contribution in [0, 0.1) is 5.92 Å². The van der Waals surface area contributed by atoms with Gasteiger partial charge in [-0.15, -0.1) is 0 Å². The molecule has 0 aliphatic carbocycles. The van der Waals surface area contributed by atoms with Crippen molar-refractivity contribution in [1.29, 1.82) is 0 Å². The summed E-state index contributed by atoms with van der Waals surface area (Å²) in [5, 5.41) is 13.6. The number of hydrogen-bond donors (Lipinski definition) is 2. The minimum atomic E-state index is 0.344. The molecule has 2 saturated heterocycles. The molecule has 0 radical (unpaired) electrons. The van der Waals surface area contributed by atoms with Crippen LogP contribution in [0.5, 0.6) is 5.75 Å². The maximum Gasteiger partial charge on any atom is 0.194 e. The van der Waals surface area contributed by atoms with Gasteiger partial charge in [-0.1, -0.05) is 25.1 Å². The molecular formula is C25H36N6O. The van der Waals surface area contributed by atoms with Crippen molar-refractivity contribution in [2.24, 2.45) is 10.9 Å². The average molecular weight is 437 g/mol. The van der Waals surface area contributed by atoms with Crippen LogP contribution in [0.2, 0.25) is 0 Å². The van der Waals surface area contributed by atoms with Crippen LogP contribution in [0.3, 0.4) is 0 Å². The number of anilines is 2. The molecule has 2 fully saturated rings. The summed E-state index contributed by atoms with van der Waals surface area (Å²) in [7, 11) is 0.